The van der Waals surface area contributed by atoms with Gasteiger partial charge in [-0.05, 0) is 19.1 Å². The average Bonchev–Trinajstić information content (AvgIpc) is 2.50. The van der Waals surface area contributed by atoms with Gasteiger partial charge in [0.2, 0.25) is 0 Å². The van der Waals surface area contributed by atoms with E-state index in [0.717, 1.165) is 5.69 Å². The summed E-state index contributed by atoms with van der Waals surface area (Å²) in [5.41, 5.74) is 0.642. The van der Waals surface area contributed by atoms with Gasteiger partial charge in [-0.3, -0.25) is 9.36 Å². The number of hydrogen-bond acceptors (Lipinski definition) is 6. The Morgan fingerprint density at radius 3 is 2.59 bits per heavy atom. The van der Waals surface area contributed by atoms with E-state index in [-0.39, 0.29) is 25.1 Å². The number of nitrogens with zero attached hydrogens (tertiary/aromatic N) is 2. The summed E-state index contributed by atoms with van der Waals surface area (Å²) in [4.78, 5) is 11.9. The van der Waals surface area contributed by atoms with Gasteiger partial charge in [0, 0.05) is 31.5 Å². The van der Waals surface area contributed by atoms with Crippen LogP contribution in [0.5, 0.6) is 0 Å². The molecule has 7 heteroatoms. The van der Waals surface area contributed by atoms with Crippen molar-refractivity contribution in [1.82, 2.24) is 0 Å². The number of aliphatic hydroxyl groups excluding tert-OH is 1. The molecule has 6 nitrogen and oxygen atoms in total. The summed E-state index contributed by atoms with van der Waals surface area (Å²) in [6.45, 7) is 3.03. The van der Waals surface area contributed by atoms with Gasteiger partial charge in [0.25, 0.3) is 7.37 Å². The monoisotopic (exact) mass is 322 g/mol. The van der Waals surface area contributed by atoms with Crippen molar-refractivity contribution in [3.63, 3.8) is 0 Å². The molecule has 0 unspecified atom stereocenters. The molecule has 0 spiro atoms. The van der Waals surface area contributed by atoms with Crippen molar-refractivity contribution in [2.75, 3.05) is 18.2 Å². The number of anilines is 1. The van der Waals surface area contributed by atoms with Crippen LogP contribution in [0.2, 0.25) is 0 Å². The third-order valence-electron chi connectivity index (χ3n) is 3.15. The van der Waals surface area contributed by atoms with Crippen LogP contribution in [-0.4, -0.2) is 29.6 Å². The van der Waals surface area contributed by atoms with E-state index in [1.807, 2.05) is 30.3 Å². The summed E-state index contributed by atoms with van der Waals surface area (Å²) in [7, 11) is -3.50. The topological polar surface area (TPSA) is 79.2 Å². The minimum Gasteiger partial charge on any atom is -0.396 e. The Balaban J connectivity index is 2.54. The van der Waals surface area contributed by atoms with Crippen molar-refractivity contribution in [2.45, 2.75) is 20.3 Å². The largest absolute Gasteiger partial charge is 0.396 e. The fourth-order valence-electron chi connectivity index (χ4n) is 2.19. The van der Waals surface area contributed by atoms with Gasteiger partial charge in [-0.15, -0.1) is 0 Å². The van der Waals surface area contributed by atoms with Gasteiger partial charge in [0.15, 0.2) is 11.2 Å². The number of Topliss-reactive ketones (excluding diaryl/α,β-unsaturated/α-hetero) is 1. The summed E-state index contributed by atoms with van der Waals surface area (Å²) >= 11 is 0. The van der Waals surface area contributed by atoms with Crippen molar-refractivity contribution < 1.29 is 19.0 Å². The van der Waals surface area contributed by atoms with Crippen molar-refractivity contribution in [3.05, 3.63) is 41.8 Å². The molecule has 118 valence electrons. The predicted octanol–water partition coefficient (Wildman–Crippen LogP) is 2.95. The number of para-hydroxylation sites is 1. The molecular formula is C15H19N2O4P. The van der Waals surface area contributed by atoms with Crippen LogP contribution in [-0.2, 0) is 13.9 Å². The molecule has 0 aliphatic carbocycles. The summed E-state index contributed by atoms with van der Waals surface area (Å²) < 4.78 is 18.5. The Morgan fingerprint density at radius 2 is 2.05 bits per heavy atom. The molecule has 0 amide bonds. The fourth-order valence-corrected chi connectivity index (χ4v) is 4.39. The second-order valence-corrected chi connectivity index (χ2v) is 7.08. The van der Waals surface area contributed by atoms with Gasteiger partial charge in [-0.2, -0.15) is 5.10 Å². The molecule has 1 aromatic rings. The maximum atomic E-state index is 13.1. The first-order valence-electron chi connectivity index (χ1n) is 7.04. The van der Waals surface area contributed by atoms with Crippen LogP contribution in [0.25, 0.3) is 0 Å². The van der Waals surface area contributed by atoms with E-state index in [1.54, 1.807) is 13.1 Å². The van der Waals surface area contributed by atoms with Crippen molar-refractivity contribution in [3.8, 4) is 0 Å². The second kappa shape index (κ2) is 7.01. The summed E-state index contributed by atoms with van der Waals surface area (Å²) in [6.07, 6.45) is 1.74. The molecule has 1 aromatic carbocycles. The van der Waals surface area contributed by atoms with Gasteiger partial charge < -0.3 is 9.63 Å². The quantitative estimate of drug-likeness (QED) is 0.815. The molecule has 0 bridgehead atoms. The molecule has 1 atom stereocenters. The lowest BCUT2D eigenvalue weighted by atomic mass is 10.3. The highest BCUT2D eigenvalue weighted by Gasteiger charge is 2.41. The Bertz CT molecular complexity index is 655. The summed E-state index contributed by atoms with van der Waals surface area (Å²) in [5, 5.41) is 15.3. The van der Waals surface area contributed by atoms with Gasteiger partial charge in [0.1, 0.15) is 0 Å². The number of carbonyl (C=O) groups is 1. The van der Waals surface area contributed by atoms with Gasteiger partial charge in [-0.25, -0.2) is 5.01 Å². The maximum absolute atomic E-state index is 13.1. The van der Waals surface area contributed by atoms with Gasteiger partial charge in [0.05, 0.1) is 12.3 Å². The fraction of sp³-hybridized carbons (Fsp3) is 0.333. The van der Waals surface area contributed by atoms with Crippen LogP contribution in [0.15, 0.2) is 46.9 Å². The lowest BCUT2D eigenvalue weighted by Crippen LogP contribution is -2.25. The number of benzene rings is 1. The number of hydrazone groups is 1. The lowest BCUT2D eigenvalue weighted by Gasteiger charge is -2.29. The Kier molecular flexibility index (Phi) is 5.29. The van der Waals surface area contributed by atoms with Crippen LogP contribution in [0.3, 0.4) is 0 Å². The summed E-state index contributed by atoms with van der Waals surface area (Å²) in [6, 6.07) is 9.20. The van der Waals surface area contributed by atoms with Crippen LogP contribution in [0.4, 0.5) is 5.69 Å². The van der Waals surface area contributed by atoms with Crippen LogP contribution < -0.4 is 5.01 Å². The second-order valence-electron chi connectivity index (χ2n) is 4.72. The first-order valence-corrected chi connectivity index (χ1v) is 8.66. The number of rotatable bonds is 6. The average molecular weight is 322 g/mol. The van der Waals surface area contributed by atoms with Crippen LogP contribution in [0, 0.1) is 0 Å². The van der Waals surface area contributed by atoms with E-state index in [2.05, 4.69) is 5.10 Å². The minimum atomic E-state index is -3.50. The van der Waals surface area contributed by atoms with Crippen molar-refractivity contribution in [1.29, 1.82) is 0 Å². The Morgan fingerprint density at radius 1 is 1.36 bits per heavy atom. The highest BCUT2D eigenvalue weighted by atomic mass is 31.2. The zero-order valence-corrected chi connectivity index (χ0v) is 13.5. The summed E-state index contributed by atoms with van der Waals surface area (Å²) in [5.74, 6) is -0.402. The predicted molar refractivity (Wildman–Crippen MR) is 86.1 cm³/mol. The molecular weight excluding hydrogens is 303 g/mol. The molecule has 0 saturated carbocycles. The lowest BCUT2D eigenvalue weighted by molar-refractivity contribution is -0.110. The highest BCUT2D eigenvalue weighted by Crippen LogP contribution is 2.59. The molecule has 1 aliphatic heterocycles. The SMILES string of the molecule is CCO[P@@]1(=O)C(CCO)=CN(c2ccccc2)N=C1C(C)=O. The number of aliphatic hydroxyl groups is 1. The van der Waals surface area contributed by atoms with Crippen LogP contribution in [0.1, 0.15) is 20.3 Å². The molecule has 2 rings (SSSR count). The van der Waals surface area contributed by atoms with Crippen LogP contribution >= 0.6 is 7.37 Å². The molecule has 0 fully saturated rings. The van der Waals surface area contributed by atoms with Crippen molar-refractivity contribution in [2.24, 2.45) is 5.10 Å². The van der Waals surface area contributed by atoms with Gasteiger partial charge in [-0.1, -0.05) is 18.2 Å². The molecule has 1 N–H and O–H groups in total. The van der Waals surface area contributed by atoms with Gasteiger partial charge >= 0.3 is 0 Å². The third-order valence-corrected chi connectivity index (χ3v) is 5.82. The van der Waals surface area contributed by atoms with E-state index in [1.165, 1.54) is 11.9 Å². The number of carbonyl (C=O) groups excluding carboxylic acids is 1. The Hall–Kier alpha value is -1.75. The smallest absolute Gasteiger partial charge is 0.282 e. The highest BCUT2D eigenvalue weighted by molar-refractivity contribution is 7.83. The molecule has 22 heavy (non-hydrogen) atoms. The molecule has 0 aromatic heterocycles. The standard InChI is InChI=1S/C15H19N2O4P/c1-3-21-22(20)14(9-10-18)11-17(16-15(22)12(2)19)13-7-5-4-6-8-13/h4-8,11,18H,3,9-10H2,1-2H3/t22-/m0/s1. The van der Waals surface area contributed by atoms with Crippen molar-refractivity contribution >= 4 is 24.3 Å². The normalized spacial score (nSPS) is 21.3. The zero-order valence-electron chi connectivity index (χ0n) is 12.6. The Labute approximate surface area is 129 Å². The van der Waals surface area contributed by atoms with E-state index in [0.29, 0.717) is 5.31 Å². The molecule has 1 aliphatic rings. The first kappa shape index (κ1) is 16.6. The molecule has 0 radical (unpaired) electrons. The maximum Gasteiger partial charge on any atom is 0.282 e. The minimum absolute atomic E-state index is 0.0934. The number of hydrogen-bond donors (Lipinski definition) is 1. The van der Waals surface area contributed by atoms with E-state index in [9.17, 15) is 14.5 Å². The van der Waals surface area contributed by atoms with E-state index < -0.39 is 13.2 Å². The first-order chi connectivity index (χ1) is 10.5. The molecule has 1 heterocycles. The zero-order chi connectivity index (χ0) is 16.2. The molecule has 0 saturated heterocycles. The third kappa shape index (κ3) is 3.19. The van der Waals surface area contributed by atoms with E-state index in [4.69, 9.17) is 4.52 Å². The number of ketones is 1. The van der Waals surface area contributed by atoms with E-state index >= 15 is 0 Å².